The number of carbonyl (C=O) groups is 2. The van der Waals surface area contributed by atoms with Crippen molar-refractivity contribution in [2.75, 3.05) is 18.6 Å². The number of fused-ring (bicyclic) bond motifs is 3. The molecule has 0 spiro atoms. The molecule has 5 rings (SSSR count). The summed E-state index contributed by atoms with van der Waals surface area (Å²) >= 11 is 0. The van der Waals surface area contributed by atoms with Crippen LogP contribution in [-0.4, -0.2) is 42.1 Å². The van der Waals surface area contributed by atoms with E-state index in [-0.39, 0.29) is 22.7 Å². The average molecular weight is 582 g/mol. The van der Waals surface area contributed by atoms with Crippen molar-refractivity contribution in [3.63, 3.8) is 0 Å². The van der Waals surface area contributed by atoms with E-state index in [1.807, 2.05) is 12.1 Å². The molecular formula is C36H43N3O4. The Morgan fingerprint density at radius 1 is 0.977 bits per heavy atom. The Morgan fingerprint density at radius 2 is 1.70 bits per heavy atom. The molecule has 3 aromatic carbocycles. The molecule has 0 saturated heterocycles. The molecule has 0 aromatic heterocycles. The first-order chi connectivity index (χ1) is 20.7. The van der Waals surface area contributed by atoms with Gasteiger partial charge in [0.15, 0.2) is 0 Å². The van der Waals surface area contributed by atoms with Gasteiger partial charge in [0.1, 0.15) is 11.9 Å². The molecule has 226 valence electrons. The van der Waals surface area contributed by atoms with E-state index in [2.05, 4.69) is 62.8 Å². The first-order valence-corrected chi connectivity index (χ1v) is 15.5. The maximum Gasteiger partial charge on any atom is 0.463 e. The van der Waals surface area contributed by atoms with Gasteiger partial charge in [-0.3, -0.25) is 4.79 Å². The van der Waals surface area contributed by atoms with Crippen LogP contribution in [0.1, 0.15) is 77.7 Å². The first-order valence-electron chi connectivity index (χ1n) is 15.5. The van der Waals surface area contributed by atoms with E-state index in [1.165, 1.54) is 4.90 Å². The SMILES string of the molecule is CCCCCCN(C(=O)C(=[N+]=[N-])C(=O)O[C@@H]1[C@H]2CC[C@](C)([C@@H]1c1cccc3ccccc13)C2(C)C)c1ccc(OC)cc1. The summed E-state index contributed by atoms with van der Waals surface area (Å²) in [6.45, 7) is 9.35. The minimum Gasteiger partial charge on any atom is -0.497 e. The van der Waals surface area contributed by atoms with Crippen molar-refractivity contribution in [3.8, 4) is 5.75 Å². The number of nitrogens with zero attached hydrogens (tertiary/aromatic N) is 3. The second-order valence-electron chi connectivity index (χ2n) is 12.9. The lowest BCUT2D eigenvalue weighted by Crippen LogP contribution is -2.44. The molecule has 7 heteroatoms. The molecule has 0 aliphatic heterocycles. The summed E-state index contributed by atoms with van der Waals surface area (Å²) < 4.78 is 11.6. The Kier molecular flexibility index (Phi) is 8.75. The maximum absolute atomic E-state index is 13.9. The fourth-order valence-corrected chi connectivity index (χ4v) is 7.76. The summed E-state index contributed by atoms with van der Waals surface area (Å²) in [6.07, 6.45) is 5.28. The number of carbonyl (C=O) groups excluding carboxylic acids is 2. The zero-order chi connectivity index (χ0) is 30.8. The van der Waals surface area contributed by atoms with Crippen LogP contribution in [0.5, 0.6) is 5.75 Å². The van der Waals surface area contributed by atoms with Gasteiger partial charge in [0, 0.05) is 24.1 Å². The minimum atomic E-state index is -0.887. The Morgan fingerprint density at radius 3 is 2.40 bits per heavy atom. The lowest BCUT2D eigenvalue weighted by molar-refractivity contribution is -0.151. The summed E-state index contributed by atoms with van der Waals surface area (Å²) in [5.74, 6) is -0.874. The average Bonchev–Trinajstić information content (AvgIpc) is 3.33. The van der Waals surface area contributed by atoms with Crippen LogP contribution in [0.25, 0.3) is 16.3 Å². The van der Waals surface area contributed by atoms with Crippen molar-refractivity contribution < 1.29 is 23.9 Å². The summed E-state index contributed by atoms with van der Waals surface area (Å²) in [7, 11) is 1.58. The molecular weight excluding hydrogens is 538 g/mol. The second-order valence-corrected chi connectivity index (χ2v) is 12.9. The molecule has 4 atom stereocenters. The molecule has 2 aliphatic rings. The van der Waals surface area contributed by atoms with E-state index in [9.17, 15) is 15.1 Å². The molecule has 2 bridgehead atoms. The van der Waals surface area contributed by atoms with Crippen LogP contribution in [0.2, 0.25) is 0 Å². The molecule has 7 nitrogen and oxygen atoms in total. The molecule has 2 aliphatic carbocycles. The molecule has 3 aromatic rings. The summed E-state index contributed by atoms with van der Waals surface area (Å²) in [5.41, 5.74) is 11.0. The van der Waals surface area contributed by atoms with Crippen molar-refractivity contribution in [2.45, 2.75) is 78.2 Å². The van der Waals surface area contributed by atoms with Crippen LogP contribution < -0.4 is 9.64 Å². The van der Waals surface area contributed by atoms with E-state index in [4.69, 9.17) is 9.47 Å². The summed E-state index contributed by atoms with van der Waals surface area (Å²) in [6, 6.07) is 21.7. The first kappa shape index (κ1) is 30.5. The van der Waals surface area contributed by atoms with Gasteiger partial charge in [0.2, 0.25) is 0 Å². The third kappa shape index (κ3) is 5.36. The van der Waals surface area contributed by atoms with Crippen LogP contribution in [0.4, 0.5) is 5.69 Å². The van der Waals surface area contributed by atoms with E-state index < -0.39 is 23.7 Å². The van der Waals surface area contributed by atoms with Gasteiger partial charge in [-0.15, -0.1) is 0 Å². The van der Waals surface area contributed by atoms with Crippen LogP contribution in [-0.2, 0) is 14.3 Å². The molecule has 0 N–H and O–H groups in total. The Balaban J connectivity index is 1.46. The number of hydrogen-bond donors (Lipinski definition) is 0. The zero-order valence-electron chi connectivity index (χ0n) is 26.0. The van der Waals surface area contributed by atoms with Crippen molar-refractivity contribution in [3.05, 3.63) is 77.8 Å². The molecule has 0 heterocycles. The number of amides is 1. The number of ether oxygens (including phenoxy) is 2. The van der Waals surface area contributed by atoms with E-state index >= 15 is 0 Å². The predicted octanol–water partition coefficient (Wildman–Crippen LogP) is 7.58. The highest BCUT2D eigenvalue weighted by Gasteiger charge is 2.68. The van der Waals surface area contributed by atoms with Gasteiger partial charge in [0.05, 0.1) is 7.11 Å². The fourth-order valence-electron chi connectivity index (χ4n) is 7.76. The lowest BCUT2D eigenvalue weighted by atomic mass is 9.64. The van der Waals surface area contributed by atoms with Crippen LogP contribution in [0, 0.1) is 16.7 Å². The van der Waals surface area contributed by atoms with Crippen molar-refractivity contribution in [1.29, 1.82) is 0 Å². The number of rotatable bonds is 11. The van der Waals surface area contributed by atoms with E-state index in [0.717, 1.165) is 54.9 Å². The van der Waals surface area contributed by atoms with E-state index in [1.54, 1.807) is 31.4 Å². The monoisotopic (exact) mass is 581 g/mol. The smallest absolute Gasteiger partial charge is 0.463 e. The van der Waals surface area contributed by atoms with Crippen molar-refractivity contribution in [1.82, 2.24) is 0 Å². The van der Waals surface area contributed by atoms with Gasteiger partial charge in [-0.1, -0.05) is 89.4 Å². The number of anilines is 1. The molecule has 0 radical (unpaired) electrons. The highest BCUT2D eigenvalue weighted by Crippen LogP contribution is 2.72. The van der Waals surface area contributed by atoms with Gasteiger partial charge in [-0.05, 0) is 70.7 Å². The number of esters is 1. The van der Waals surface area contributed by atoms with Gasteiger partial charge >= 0.3 is 17.6 Å². The second kappa shape index (κ2) is 12.3. The number of benzene rings is 3. The molecule has 1 amide bonds. The third-order valence-electron chi connectivity index (χ3n) is 10.5. The lowest BCUT2D eigenvalue weighted by Gasteiger charge is -2.40. The standard InChI is InChI=1S/C36H43N3O4/c1-6-7-8-11-23-39(25-17-19-26(42-5)20-18-25)33(40)31(38-37)34(41)43-32-29-21-22-36(4,35(29,2)3)30(32)28-16-12-14-24-13-9-10-15-27(24)28/h9-10,12-20,29-30,32H,6-8,11,21-23H2,1-5H3/t29-,30-,32-,36-/m1/s1. The summed E-state index contributed by atoms with van der Waals surface area (Å²) in [4.78, 5) is 32.5. The van der Waals surface area contributed by atoms with Crippen molar-refractivity contribution >= 4 is 34.0 Å². The van der Waals surface area contributed by atoms with Crippen LogP contribution in [0.15, 0.2) is 66.7 Å². The largest absolute Gasteiger partial charge is 0.497 e. The fraction of sp³-hybridized carbons (Fsp3) is 0.472. The Bertz CT molecular complexity index is 1540. The highest BCUT2D eigenvalue weighted by atomic mass is 16.5. The van der Waals surface area contributed by atoms with Gasteiger partial charge in [0.25, 0.3) is 0 Å². The Labute approximate surface area is 254 Å². The van der Waals surface area contributed by atoms with E-state index in [0.29, 0.717) is 18.0 Å². The van der Waals surface area contributed by atoms with Gasteiger partial charge < -0.3 is 19.9 Å². The molecule has 2 saturated carbocycles. The normalized spacial score (nSPS) is 23.5. The zero-order valence-corrected chi connectivity index (χ0v) is 26.0. The number of unbranched alkanes of at least 4 members (excludes halogenated alkanes) is 3. The highest BCUT2D eigenvalue weighted by molar-refractivity contribution is 6.64. The van der Waals surface area contributed by atoms with Gasteiger partial charge in [-0.2, -0.15) is 4.79 Å². The third-order valence-corrected chi connectivity index (χ3v) is 10.5. The predicted molar refractivity (Wildman–Crippen MR) is 169 cm³/mol. The Hall–Kier alpha value is -3.96. The summed E-state index contributed by atoms with van der Waals surface area (Å²) in [5, 5.41) is 2.28. The maximum atomic E-state index is 13.9. The quantitative estimate of drug-likeness (QED) is 0.0583. The topological polar surface area (TPSA) is 92.2 Å². The molecule has 2 fully saturated rings. The van der Waals surface area contributed by atoms with Crippen LogP contribution >= 0.6 is 0 Å². The molecule has 0 unspecified atom stereocenters. The number of hydrogen-bond acceptors (Lipinski definition) is 4. The van der Waals surface area contributed by atoms with Crippen LogP contribution in [0.3, 0.4) is 0 Å². The molecule has 43 heavy (non-hydrogen) atoms. The van der Waals surface area contributed by atoms with Gasteiger partial charge in [-0.25, -0.2) is 4.79 Å². The number of methoxy groups -OCH3 is 1. The minimum absolute atomic E-state index is 0.0712. The van der Waals surface area contributed by atoms with Crippen molar-refractivity contribution in [2.24, 2.45) is 16.7 Å².